The number of hydrogen-bond acceptors (Lipinski definition) is 4. The summed E-state index contributed by atoms with van der Waals surface area (Å²) < 4.78 is 30.2. The third-order valence-corrected chi connectivity index (χ3v) is 2.53. The predicted octanol–water partition coefficient (Wildman–Crippen LogP) is -2.97. The lowest BCUT2D eigenvalue weighted by atomic mass is 10.1. The summed E-state index contributed by atoms with van der Waals surface area (Å²) in [6, 6.07) is 2.13. The Balaban J connectivity index is -0.000000320. The van der Waals surface area contributed by atoms with E-state index in [0.29, 0.717) is 12.1 Å². The molecule has 0 aliphatic carbocycles. The van der Waals surface area contributed by atoms with Gasteiger partial charge >= 0.3 is 11.9 Å². The summed E-state index contributed by atoms with van der Waals surface area (Å²) in [6.45, 7) is 0. The molecule has 0 aromatic heterocycles. The SMILES string of the molecule is O.O.O.O.O=C(O)c1cc(C(=O)O)cc(S(=O)(=O)O)c1. The molecular weight excluding hydrogens is 304 g/mol. The van der Waals surface area contributed by atoms with Crippen LogP contribution in [-0.4, -0.2) is 57.0 Å². The number of carbonyl (C=O) groups is 2. The highest BCUT2D eigenvalue weighted by atomic mass is 32.2. The minimum absolute atomic E-state index is 0. The molecule has 0 bridgehead atoms. The van der Waals surface area contributed by atoms with Crippen LogP contribution in [0.15, 0.2) is 23.1 Å². The van der Waals surface area contributed by atoms with Crippen LogP contribution in [0.25, 0.3) is 0 Å². The zero-order valence-corrected chi connectivity index (χ0v) is 10.4. The van der Waals surface area contributed by atoms with Crippen LogP contribution in [0.3, 0.4) is 0 Å². The second-order valence-electron chi connectivity index (χ2n) is 2.83. The van der Waals surface area contributed by atoms with Crippen LogP contribution in [0, 0.1) is 0 Å². The van der Waals surface area contributed by atoms with Crippen molar-refractivity contribution < 1.29 is 54.7 Å². The van der Waals surface area contributed by atoms with Gasteiger partial charge in [0.1, 0.15) is 0 Å². The third kappa shape index (κ3) is 6.19. The second kappa shape index (κ2) is 8.92. The van der Waals surface area contributed by atoms with E-state index in [1.807, 2.05) is 0 Å². The van der Waals surface area contributed by atoms with Crippen molar-refractivity contribution in [2.45, 2.75) is 4.90 Å². The molecule has 1 aromatic carbocycles. The first kappa shape index (κ1) is 26.5. The Morgan fingerprint density at radius 1 is 0.800 bits per heavy atom. The molecular formula is C8H14O11S. The van der Waals surface area contributed by atoms with Crippen LogP contribution in [0.1, 0.15) is 20.7 Å². The zero-order valence-electron chi connectivity index (χ0n) is 9.61. The van der Waals surface area contributed by atoms with Crippen molar-refractivity contribution in [2.24, 2.45) is 0 Å². The lowest BCUT2D eigenvalue weighted by Gasteiger charge is -2.02. The lowest BCUT2D eigenvalue weighted by Crippen LogP contribution is -2.07. The van der Waals surface area contributed by atoms with Gasteiger partial charge in [-0.15, -0.1) is 0 Å². The van der Waals surface area contributed by atoms with Crippen LogP contribution in [0.2, 0.25) is 0 Å². The first-order valence-electron chi connectivity index (χ1n) is 3.81. The van der Waals surface area contributed by atoms with E-state index in [9.17, 15) is 18.0 Å². The molecule has 0 atom stereocenters. The van der Waals surface area contributed by atoms with Gasteiger partial charge in [-0.1, -0.05) is 0 Å². The van der Waals surface area contributed by atoms with Crippen LogP contribution in [0.5, 0.6) is 0 Å². The molecule has 0 radical (unpaired) electrons. The monoisotopic (exact) mass is 318 g/mol. The van der Waals surface area contributed by atoms with Crippen LogP contribution in [-0.2, 0) is 10.1 Å². The molecule has 0 saturated heterocycles. The number of aromatic carboxylic acids is 2. The van der Waals surface area contributed by atoms with Crippen molar-refractivity contribution in [1.29, 1.82) is 0 Å². The van der Waals surface area contributed by atoms with E-state index >= 15 is 0 Å². The maximum absolute atomic E-state index is 10.8. The van der Waals surface area contributed by atoms with Crippen molar-refractivity contribution in [3.63, 3.8) is 0 Å². The number of carboxylic acid groups (broad SMARTS) is 2. The Hall–Kier alpha value is -2.09. The first-order chi connectivity index (χ1) is 7.21. The predicted molar refractivity (Wildman–Crippen MR) is 64.6 cm³/mol. The maximum atomic E-state index is 10.8. The molecule has 1 aromatic rings. The van der Waals surface area contributed by atoms with Gasteiger partial charge in [-0.2, -0.15) is 8.42 Å². The zero-order chi connectivity index (χ0) is 12.5. The van der Waals surface area contributed by atoms with Gasteiger partial charge in [0, 0.05) is 0 Å². The highest BCUT2D eigenvalue weighted by molar-refractivity contribution is 7.85. The van der Waals surface area contributed by atoms with E-state index in [1.54, 1.807) is 0 Å². The van der Waals surface area contributed by atoms with E-state index in [4.69, 9.17) is 14.8 Å². The highest BCUT2D eigenvalue weighted by Crippen LogP contribution is 2.15. The van der Waals surface area contributed by atoms with Gasteiger partial charge in [0.25, 0.3) is 10.1 Å². The molecule has 0 saturated carbocycles. The molecule has 1 rings (SSSR count). The molecule has 0 spiro atoms. The minimum Gasteiger partial charge on any atom is -0.478 e. The fourth-order valence-electron chi connectivity index (χ4n) is 0.995. The van der Waals surface area contributed by atoms with Crippen LogP contribution in [0.4, 0.5) is 0 Å². The molecule has 11 N–H and O–H groups in total. The van der Waals surface area contributed by atoms with E-state index in [2.05, 4.69) is 0 Å². The number of benzene rings is 1. The highest BCUT2D eigenvalue weighted by Gasteiger charge is 2.17. The third-order valence-electron chi connectivity index (χ3n) is 1.70. The molecule has 0 amide bonds. The molecule has 0 aliphatic heterocycles. The van der Waals surface area contributed by atoms with Crippen molar-refractivity contribution >= 4 is 22.1 Å². The smallest absolute Gasteiger partial charge is 0.335 e. The fourth-order valence-corrected chi connectivity index (χ4v) is 1.55. The summed E-state index contributed by atoms with van der Waals surface area (Å²) in [5.74, 6) is -2.99. The fraction of sp³-hybridized carbons (Fsp3) is 0. The second-order valence-corrected chi connectivity index (χ2v) is 4.25. The Labute approximate surface area is 112 Å². The average Bonchev–Trinajstić information content (AvgIpc) is 2.15. The van der Waals surface area contributed by atoms with E-state index in [-0.39, 0.29) is 21.9 Å². The van der Waals surface area contributed by atoms with Gasteiger partial charge in [0.2, 0.25) is 0 Å². The number of carboxylic acids is 2. The molecule has 0 unspecified atom stereocenters. The van der Waals surface area contributed by atoms with Gasteiger partial charge in [-0.05, 0) is 18.2 Å². The maximum Gasteiger partial charge on any atom is 0.335 e. The summed E-state index contributed by atoms with van der Waals surface area (Å²) in [5.41, 5.74) is -1.07. The summed E-state index contributed by atoms with van der Waals surface area (Å²) in [4.78, 5) is 20.4. The molecule has 11 nitrogen and oxygen atoms in total. The van der Waals surface area contributed by atoms with Crippen molar-refractivity contribution in [3.05, 3.63) is 29.3 Å². The summed E-state index contributed by atoms with van der Waals surface area (Å²) >= 11 is 0. The molecule has 0 heterocycles. The van der Waals surface area contributed by atoms with Crippen molar-refractivity contribution in [2.75, 3.05) is 0 Å². The van der Waals surface area contributed by atoms with E-state index < -0.39 is 38.1 Å². The van der Waals surface area contributed by atoms with Crippen LogP contribution >= 0.6 is 0 Å². The normalized spacial score (nSPS) is 8.85. The Morgan fingerprint density at radius 2 is 1.10 bits per heavy atom. The minimum atomic E-state index is -4.64. The molecule has 0 aliphatic rings. The standard InChI is InChI=1S/C8H6O7S.4H2O/c9-7(10)4-1-5(8(11)12)3-6(2-4)16(13,14)15;;;;/h1-3H,(H,9,10)(H,11,12)(H,13,14,15);4*1H2. The van der Waals surface area contributed by atoms with E-state index in [0.717, 1.165) is 6.07 Å². The quantitative estimate of drug-likeness (QED) is 0.486. The Kier molecular flexibility index (Phi) is 11.8. The van der Waals surface area contributed by atoms with Crippen molar-refractivity contribution in [1.82, 2.24) is 0 Å². The topological polar surface area (TPSA) is 255 Å². The van der Waals surface area contributed by atoms with Crippen molar-refractivity contribution in [3.8, 4) is 0 Å². The number of hydrogen-bond donors (Lipinski definition) is 3. The molecule has 12 heteroatoms. The van der Waals surface area contributed by atoms with Gasteiger partial charge in [-0.3, -0.25) is 4.55 Å². The Bertz CT molecular complexity index is 530. The Morgan fingerprint density at radius 3 is 1.30 bits per heavy atom. The average molecular weight is 318 g/mol. The first-order valence-corrected chi connectivity index (χ1v) is 5.25. The van der Waals surface area contributed by atoms with Crippen LogP contribution < -0.4 is 0 Å². The molecule has 0 fully saturated rings. The molecule has 20 heavy (non-hydrogen) atoms. The summed E-state index contributed by atoms with van der Waals surface area (Å²) in [5, 5.41) is 17.2. The van der Waals surface area contributed by atoms with Gasteiger partial charge in [0.05, 0.1) is 16.0 Å². The largest absolute Gasteiger partial charge is 0.478 e. The summed E-state index contributed by atoms with van der Waals surface area (Å²) in [6.07, 6.45) is 0. The molecule has 118 valence electrons. The summed E-state index contributed by atoms with van der Waals surface area (Å²) in [7, 11) is -4.64. The van der Waals surface area contributed by atoms with Gasteiger partial charge in [-0.25, -0.2) is 9.59 Å². The lowest BCUT2D eigenvalue weighted by molar-refractivity contribution is 0.0696. The van der Waals surface area contributed by atoms with Gasteiger partial charge in [0.15, 0.2) is 0 Å². The van der Waals surface area contributed by atoms with E-state index in [1.165, 1.54) is 0 Å². The van der Waals surface area contributed by atoms with Gasteiger partial charge < -0.3 is 32.1 Å². The number of rotatable bonds is 3.